The molecule has 0 N–H and O–H groups in total. The first kappa shape index (κ1) is 31.1. The smallest absolute Gasteiger partial charge is 0.212 e. The van der Waals surface area contributed by atoms with Crippen LogP contribution in [0.4, 0.5) is 0 Å². The van der Waals surface area contributed by atoms with Gasteiger partial charge < -0.3 is 9.47 Å². The molecule has 2 aromatic carbocycles. The van der Waals surface area contributed by atoms with Crippen LogP contribution in [-0.2, 0) is 13.6 Å². The summed E-state index contributed by atoms with van der Waals surface area (Å²) in [7, 11) is 2.03. The second-order valence-electron chi connectivity index (χ2n) is 12.9. The van der Waals surface area contributed by atoms with Crippen molar-refractivity contribution in [2.24, 2.45) is 7.05 Å². The van der Waals surface area contributed by atoms with Gasteiger partial charge in [0.2, 0.25) is 12.4 Å². The van der Waals surface area contributed by atoms with Gasteiger partial charge in [-0.25, -0.2) is 9.13 Å². The topological polar surface area (TPSA) is 26.2 Å². The Bertz CT molecular complexity index is 1620. The lowest BCUT2D eigenvalue weighted by atomic mass is 9.83. The van der Waals surface area contributed by atoms with Crippen molar-refractivity contribution in [2.75, 3.05) is 0 Å². The third kappa shape index (κ3) is 7.49. The van der Waals surface area contributed by atoms with Crippen molar-refractivity contribution < 1.29 is 18.6 Å². The molecule has 0 unspecified atom stereocenters. The molecule has 0 bridgehead atoms. The van der Waals surface area contributed by atoms with Crippen LogP contribution in [0.2, 0.25) is 0 Å². The first-order valence-corrected chi connectivity index (χ1v) is 17.5. The third-order valence-electron chi connectivity index (χ3n) is 9.36. The summed E-state index contributed by atoms with van der Waals surface area (Å²) in [4.78, 5) is 0. The van der Waals surface area contributed by atoms with Gasteiger partial charge >= 0.3 is 0 Å². The maximum Gasteiger partial charge on any atom is 0.212 e. The van der Waals surface area contributed by atoms with Gasteiger partial charge in [-0.2, -0.15) is 0 Å². The predicted octanol–water partition coefficient (Wildman–Crippen LogP) is 10.5. The number of nitrogens with zero attached hydrogens (tertiary/aromatic N) is 2. The number of unbranched alkanes of at least 4 members (excludes halogenated alkanes) is 13. The highest BCUT2D eigenvalue weighted by Gasteiger charge is 2.33. The zero-order chi connectivity index (χ0) is 30.8. The largest absolute Gasteiger partial charge is 0.450 e. The van der Waals surface area contributed by atoms with Crippen molar-refractivity contribution in [1.82, 2.24) is 0 Å². The van der Waals surface area contributed by atoms with Crippen LogP contribution in [0, 0.1) is 0 Å². The van der Waals surface area contributed by atoms with Crippen LogP contribution >= 0.6 is 0 Å². The van der Waals surface area contributed by atoms with E-state index in [0.29, 0.717) is 0 Å². The van der Waals surface area contributed by atoms with Gasteiger partial charge in [-0.3, -0.25) is 0 Å². The normalized spacial score (nSPS) is 14.5. The molecule has 0 aliphatic carbocycles. The molecule has 4 heterocycles. The Kier molecular flexibility index (Phi) is 10.6. The molecule has 0 spiro atoms. The van der Waals surface area contributed by atoms with Crippen LogP contribution in [-0.4, -0.2) is 0 Å². The SMILES string of the molecule is CCCCCCCCCCCCCCCC[n+]1ccc2c(c1)Oc1ccccc1/C2=C1\c2ccccc2Oc2c[n+](C)ccc21. The van der Waals surface area contributed by atoms with Gasteiger partial charge in [-0.15, -0.1) is 0 Å². The first-order chi connectivity index (χ1) is 22.2. The third-order valence-corrected chi connectivity index (χ3v) is 9.36. The molecule has 0 fully saturated rings. The number of rotatable bonds is 15. The van der Waals surface area contributed by atoms with Crippen LogP contribution in [0.15, 0.2) is 85.5 Å². The molecule has 2 aliphatic rings. The molecule has 0 saturated carbocycles. The molecule has 0 atom stereocenters. The Morgan fingerprint density at radius 1 is 0.467 bits per heavy atom. The molecule has 6 rings (SSSR count). The number of benzene rings is 2. The maximum atomic E-state index is 6.57. The molecular weight excluding hydrogens is 552 g/mol. The number of ether oxygens (including phenoxy) is 2. The Labute approximate surface area is 270 Å². The van der Waals surface area contributed by atoms with Crippen molar-refractivity contribution in [1.29, 1.82) is 0 Å². The van der Waals surface area contributed by atoms with E-state index in [1.807, 2.05) is 17.7 Å². The number of fused-ring (bicyclic) bond motifs is 4. The average molecular weight is 603 g/mol. The number of hydrogen-bond donors (Lipinski definition) is 0. The summed E-state index contributed by atoms with van der Waals surface area (Å²) < 4.78 is 17.3. The standard InChI is InChI=1S/C41H50N2O2/c1-3-4-5-6-7-8-9-10-11-12-13-14-15-20-27-43-29-26-35-39(31-43)45-37-24-19-17-22-33(37)41(35)40-32-21-16-18-23-36(32)44-38-30-42(2)28-25-34(38)40/h16-19,21-26,28-31H,3-15,20,27H2,1-2H3/q+2/b41-40-. The van der Waals surface area contributed by atoms with Gasteiger partial charge in [-0.05, 0) is 18.6 Å². The quantitative estimate of drug-likeness (QED) is 0.0863. The van der Waals surface area contributed by atoms with E-state index in [4.69, 9.17) is 9.47 Å². The van der Waals surface area contributed by atoms with Gasteiger partial charge in [0.05, 0.1) is 0 Å². The molecule has 4 aromatic rings. The lowest BCUT2D eigenvalue weighted by molar-refractivity contribution is -0.697. The minimum atomic E-state index is 0.871. The maximum absolute atomic E-state index is 6.57. The summed E-state index contributed by atoms with van der Waals surface area (Å²) >= 11 is 0. The molecule has 2 aromatic heterocycles. The number of para-hydroxylation sites is 2. The van der Waals surface area contributed by atoms with E-state index < -0.39 is 0 Å². The van der Waals surface area contributed by atoms with Crippen molar-refractivity contribution in [3.05, 3.63) is 108 Å². The summed E-state index contributed by atoms with van der Waals surface area (Å²) in [6.45, 7) is 3.31. The lowest BCUT2D eigenvalue weighted by Gasteiger charge is -2.28. The molecule has 234 valence electrons. The highest BCUT2D eigenvalue weighted by Crippen LogP contribution is 2.52. The van der Waals surface area contributed by atoms with Crippen molar-refractivity contribution in [3.8, 4) is 23.0 Å². The Morgan fingerprint density at radius 2 is 0.911 bits per heavy atom. The minimum Gasteiger partial charge on any atom is -0.450 e. The van der Waals surface area contributed by atoms with E-state index in [1.165, 1.54) is 101 Å². The van der Waals surface area contributed by atoms with Crippen LogP contribution in [0.1, 0.15) is 119 Å². The van der Waals surface area contributed by atoms with Gasteiger partial charge in [0.15, 0.2) is 23.9 Å². The summed E-state index contributed by atoms with van der Waals surface area (Å²) in [5.41, 5.74) is 6.83. The lowest BCUT2D eigenvalue weighted by Crippen LogP contribution is -2.33. The molecule has 4 heteroatoms. The zero-order valence-electron chi connectivity index (χ0n) is 27.4. The van der Waals surface area contributed by atoms with Gasteiger partial charge in [0, 0.05) is 52.0 Å². The second-order valence-corrected chi connectivity index (χ2v) is 12.9. The number of aryl methyl sites for hydroxylation is 2. The van der Waals surface area contributed by atoms with Gasteiger partial charge in [0.1, 0.15) is 25.1 Å². The fourth-order valence-electron chi connectivity index (χ4n) is 6.88. The zero-order valence-corrected chi connectivity index (χ0v) is 27.4. The van der Waals surface area contributed by atoms with E-state index in [2.05, 4.69) is 90.9 Å². The van der Waals surface area contributed by atoms with Crippen molar-refractivity contribution in [2.45, 2.75) is 103 Å². The average Bonchev–Trinajstić information content (AvgIpc) is 3.06. The fourth-order valence-corrected chi connectivity index (χ4v) is 6.88. The monoisotopic (exact) mass is 602 g/mol. The minimum absolute atomic E-state index is 0.871. The second kappa shape index (κ2) is 15.4. The van der Waals surface area contributed by atoms with Crippen LogP contribution in [0.3, 0.4) is 0 Å². The summed E-state index contributed by atoms with van der Waals surface area (Å²) in [5.74, 6) is 3.56. The number of pyridine rings is 2. The molecular formula is C41H50N2O2+2. The Morgan fingerprint density at radius 3 is 1.47 bits per heavy atom. The van der Waals surface area contributed by atoms with Crippen molar-refractivity contribution >= 4 is 11.1 Å². The van der Waals surface area contributed by atoms with Gasteiger partial charge in [-0.1, -0.05) is 120 Å². The van der Waals surface area contributed by atoms with Crippen LogP contribution in [0.5, 0.6) is 23.0 Å². The van der Waals surface area contributed by atoms with Crippen molar-refractivity contribution in [3.63, 3.8) is 0 Å². The first-order valence-electron chi connectivity index (χ1n) is 17.5. The van der Waals surface area contributed by atoms with E-state index >= 15 is 0 Å². The van der Waals surface area contributed by atoms with Crippen LogP contribution in [0.25, 0.3) is 11.1 Å². The number of aromatic nitrogens is 2. The number of hydrogen-bond acceptors (Lipinski definition) is 2. The summed E-state index contributed by atoms with van der Waals surface area (Å²) in [6, 6.07) is 21.2. The van der Waals surface area contributed by atoms with E-state index in [9.17, 15) is 0 Å². The van der Waals surface area contributed by atoms with E-state index in [-0.39, 0.29) is 0 Å². The molecule has 0 radical (unpaired) electrons. The Hall–Kier alpha value is -3.92. The molecule has 0 saturated heterocycles. The van der Waals surface area contributed by atoms with E-state index in [1.54, 1.807) is 0 Å². The molecule has 2 aliphatic heterocycles. The summed E-state index contributed by atoms with van der Waals surface area (Å²) in [6.07, 6.45) is 27.9. The predicted molar refractivity (Wildman–Crippen MR) is 183 cm³/mol. The van der Waals surface area contributed by atoms with Crippen LogP contribution < -0.4 is 18.6 Å². The summed E-state index contributed by atoms with van der Waals surface area (Å²) in [5, 5.41) is 0. The molecule has 0 amide bonds. The highest BCUT2D eigenvalue weighted by atomic mass is 16.5. The van der Waals surface area contributed by atoms with E-state index in [0.717, 1.165) is 51.8 Å². The molecule has 4 nitrogen and oxygen atoms in total. The Balaban J connectivity index is 1.12. The van der Waals surface area contributed by atoms with Gasteiger partial charge in [0.25, 0.3) is 0 Å². The molecule has 45 heavy (non-hydrogen) atoms. The fraction of sp³-hybridized carbons (Fsp3) is 0.415. The highest BCUT2D eigenvalue weighted by molar-refractivity contribution is 6.09.